The fourth-order valence-electron chi connectivity index (χ4n) is 1.91. The molecule has 0 radical (unpaired) electrons. The summed E-state index contributed by atoms with van der Waals surface area (Å²) in [6, 6.07) is 6.52. The first-order chi connectivity index (χ1) is 12.1. The number of carbonyl (C=O) groups is 1. The van der Waals surface area contributed by atoms with Crippen molar-refractivity contribution in [3.8, 4) is 11.5 Å². The van der Waals surface area contributed by atoms with Crippen molar-refractivity contribution < 1.29 is 19.3 Å². The Hall–Kier alpha value is -3.23. The first kappa shape index (κ1) is 18.1. The molecule has 0 saturated carbocycles. The Morgan fingerprint density at radius 2 is 2.20 bits per heavy atom. The van der Waals surface area contributed by atoms with E-state index in [0.29, 0.717) is 17.2 Å². The van der Waals surface area contributed by atoms with Crippen molar-refractivity contribution in [2.75, 3.05) is 0 Å². The van der Waals surface area contributed by atoms with Gasteiger partial charge in [0.25, 0.3) is 0 Å². The van der Waals surface area contributed by atoms with Gasteiger partial charge >= 0.3 is 5.97 Å². The Bertz CT molecular complexity index is 837. The van der Waals surface area contributed by atoms with Crippen LogP contribution in [-0.2, 0) is 4.84 Å². The number of nitrogens with two attached hydrogens (primary N) is 1. The predicted octanol–water partition coefficient (Wildman–Crippen LogP) is 2.61. The summed E-state index contributed by atoms with van der Waals surface area (Å²) < 4.78 is 5.62. The lowest BCUT2D eigenvalue weighted by molar-refractivity contribution is 0.0503. The van der Waals surface area contributed by atoms with Crippen LogP contribution in [0.5, 0.6) is 0 Å². The van der Waals surface area contributed by atoms with Crippen LogP contribution in [0.15, 0.2) is 58.7 Å². The SMILES string of the molecule is C\C=C(/C=C\C=C(/C)c1nnc(-c2cccc(C(=O)ON)c2)o1)NO. The molecule has 2 aromatic rings. The van der Waals surface area contributed by atoms with Gasteiger partial charge in [0.05, 0.1) is 11.3 Å². The maximum atomic E-state index is 11.5. The van der Waals surface area contributed by atoms with Crippen molar-refractivity contribution in [2.24, 2.45) is 5.90 Å². The lowest BCUT2D eigenvalue weighted by Crippen LogP contribution is -2.09. The first-order valence-corrected chi connectivity index (χ1v) is 7.35. The quantitative estimate of drug-likeness (QED) is 0.540. The second kappa shape index (κ2) is 8.57. The number of carbonyl (C=O) groups excluding carboxylic acids is 1. The minimum atomic E-state index is -0.653. The Balaban J connectivity index is 2.21. The number of hydrogen-bond donors (Lipinski definition) is 3. The van der Waals surface area contributed by atoms with E-state index in [1.54, 1.807) is 55.5 Å². The molecule has 0 aliphatic heterocycles. The van der Waals surface area contributed by atoms with Gasteiger partial charge in [0.1, 0.15) is 0 Å². The van der Waals surface area contributed by atoms with Crippen LogP contribution in [-0.4, -0.2) is 21.4 Å². The number of benzene rings is 1. The van der Waals surface area contributed by atoms with E-state index in [4.69, 9.17) is 15.5 Å². The molecule has 0 aliphatic rings. The van der Waals surface area contributed by atoms with Crippen molar-refractivity contribution in [3.05, 3.63) is 65.7 Å². The molecule has 0 saturated heterocycles. The molecular weight excluding hydrogens is 324 g/mol. The molecule has 25 heavy (non-hydrogen) atoms. The molecule has 1 aromatic heterocycles. The zero-order chi connectivity index (χ0) is 18.2. The van der Waals surface area contributed by atoms with Gasteiger partial charge in [0.2, 0.25) is 11.8 Å². The number of nitrogens with one attached hydrogen (secondary N) is 1. The van der Waals surface area contributed by atoms with Gasteiger partial charge in [-0.05, 0) is 38.1 Å². The number of hydrogen-bond acceptors (Lipinski definition) is 8. The average molecular weight is 342 g/mol. The molecule has 0 fully saturated rings. The zero-order valence-electron chi connectivity index (χ0n) is 13.8. The van der Waals surface area contributed by atoms with Crippen molar-refractivity contribution in [1.82, 2.24) is 15.7 Å². The van der Waals surface area contributed by atoms with Crippen LogP contribution in [0.3, 0.4) is 0 Å². The minimum absolute atomic E-state index is 0.268. The summed E-state index contributed by atoms with van der Waals surface area (Å²) in [5, 5.41) is 16.8. The highest BCUT2D eigenvalue weighted by molar-refractivity contribution is 5.90. The van der Waals surface area contributed by atoms with Crippen molar-refractivity contribution in [3.63, 3.8) is 0 Å². The first-order valence-electron chi connectivity index (χ1n) is 7.35. The summed E-state index contributed by atoms with van der Waals surface area (Å²) in [5.74, 6) is 4.84. The summed E-state index contributed by atoms with van der Waals surface area (Å²) in [4.78, 5) is 15.7. The molecule has 0 unspecified atom stereocenters. The van der Waals surface area contributed by atoms with Gasteiger partial charge < -0.3 is 9.25 Å². The molecule has 0 aliphatic carbocycles. The molecule has 0 amide bonds. The predicted molar refractivity (Wildman–Crippen MR) is 90.8 cm³/mol. The third-order valence-corrected chi connectivity index (χ3v) is 3.28. The molecule has 0 bridgehead atoms. The van der Waals surface area contributed by atoms with E-state index in [2.05, 4.69) is 20.5 Å². The number of allylic oxidation sites excluding steroid dienone is 5. The normalized spacial score (nSPS) is 12.5. The van der Waals surface area contributed by atoms with Gasteiger partial charge in [0.15, 0.2) is 0 Å². The molecular formula is C17H18N4O4. The van der Waals surface area contributed by atoms with E-state index in [1.807, 2.05) is 6.92 Å². The van der Waals surface area contributed by atoms with E-state index >= 15 is 0 Å². The van der Waals surface area contributed by atoms with Gasteiger partial charge in [-0.15, -0.1) is 10.2 Å². The summed E-state index contributed by atoms with van der Waals surface area (Å²) in [6.07, 6.45) is 6.89. The van der Waals surface area contributed by atoms with Gasteiger partial charge in [-0.1, -0.05) is 24.3 Å². The van der Waals surface area contributed by atoms with E-state index in [1.165, 1.54) is 0 Å². The molecule has 130 valence electrons. The number of hydroxylamine groups is 1. The fourth-order valence-corrected chi connectivity index (χ4v) is 1.91. The molecule has 0 spiro atoms. The lowest BCUT2D eigenvalue weighted by Gasteiger charge is -1.99. The summed E-state index contributed by atoms with van der Waals surface area (Å²) in [6.45, 7) is 3.60. The van der Waals surface area contributed by atoms with Gasteiger partial charge in [-0.3, -0.25) is 10.7 Å². The van der Waals surface area contributed by atoms with Gasteiger partial charge in [0, 0.05) is 11.1 Å². The highest BCUT2D eigenvalue weighted by atomic mass is 16.7. The largest absolute Gasteiger partial charge is 0.416 e. The second-order valence-corrected chi connectivity index (χ2v) is 4.96. The Morgan fingerprint density at radius 3 is 2.88 bits per heavy atom. The molecule has 4 N–H and O–H groups in total. The van der Waals surface area contributed by atoms with Gasteiger partial charge in [-0.2, -0.15) is 5.90 Å². The topological polar surface area (TPSA) is 124 Å². The average Bonchev–Trinajstić information content (AvgIpc) is 3.15. The van der Waals surface area contributed by atoms with E-state index in [-0.39, 0.29) is 11.5 Å². The maximum Gasteiger partial charge on any atom is 0.356 e. The molecule has 8 nitrogen and oxygen atoms in total. The minimum Gasteiger partial charge on any atom is -0.416 e. The molecule has 2 rings (SSSR count). The highest BCUT2D eigenvalue weighted by Crippen LogP contribution is 2.22. The molecule has 8 heteroatoms. The number of aromatic nitrogens is 2. The standard InChI is InChI=1S/C17H18N4O4/c1-3-14(21-23)9-4-6-11(2)15-19-20-16(24-15)12-7-5-8-13(10-12)17(22)25-18/h3-10,21,23H,18H2,1-2H3/b9-4-,11-6+,14-3+. The van der Waals surface area contributed by atoms with Crippen molar-refractivity contribution in [1.29, 1.82) is 0 Å². The second-order valence-electron chi connectivity index (χ2n) is 4.96. The molecule has 0 atom stereocenters. The van der Waals surface area contributed by atoms with Crippen LogP contribution in [0.1, 0.15) is 30.1 Å². The van der Waals surface area contributed by atoms with Gasteiger partial charge in [-0.25, -0.2) is 4.79 Å². The number of rotatable bonds is 6. The van der Waals surface area contributed by atoms with Crippen LogP contribution in [0.25, 0.3) is 17.0 Å². The van der Waals surface area contributed by atoms with Crippen LogP contribution in [0.2, 0.25) is 0 Å². The van der Waals surface area contributed by atoms with Crippen molar-refractivity contribution >= 4 is 11.5 Å². The monoisotopic (exact) mass is 342 g/mol. The Morgan fingerprint density at radius 1 is 1.40 bits per heavy atom. The van der Waals surface area contributed by atoms with Crippen molar-refractivity contribution in [2.45, 2.75) is 13.8 Å². The van der Waals surface area contributed by atoms with E-state index in [0.717, 1.165) is 5.57 Å². The molecule has 1 heterocycles. The third-order valence-electron chi connectivity index (χ3n) is 3.28. The van der Waals surface area contributed by atoms with E-state index < -0.39 is 5.97 Å². The Labute approximate surface area is 144 Å². The van der Waals surface area contributed by atoms with Crippen LogP contribution in [0.4, 0.5) is 0 Å². The number of nitrogens with zero attached hydrogens (tertiary/aromatic N) is 2. The maximum absolute atomic E-state index is 11.5. The van der Waals surface area contributed by atoms with Crippen LogP contribution < -0.4 is 11.4 Å². The third kappa shape index (κ3) is 4.63. The summed E-state index contributed by atoms with van der Waals surface area (Å²) in [7, 11) is 0. The highest BCUT2D eigenvalue weighted by Gasteiger charge is 2.12. The molecule has 1 aromatic carbocycles. The summed E-state index contributed by atoms with van der Waals surface area (Å²) >= 11 is 0. The van der Waals surface area contributed by atoms with Crippen LogP contribution in [0, 0.1) is 0 Å². The lowest BCUT2D eigenvalue weighted by atomic mass is 10.1. The van der Waals surface area contributed by atoms with Crippen LogP contribution >= 0.6 is 0 Å². The van der Waals surface area contributed by atoms with E-state index in [9.17, 15) is 4.79 Å². The zero-order valence-corrected chi connectivity index (χ0v) is 13.8. The summed E-state index contributed by atoms with van der Waals surface area (Å²) in [5.41, 5.74) is 4.21. The smallest absolute Gasteiger partial charge is 0.356 e. The fraction of sp³-hybridized carbons (Fsp3) is 0.118. The Kier molecular flexibility index (Phi) is 6.21.